The van der Waals surface area contributed by atoms with Crippen LogP contribution in [0.5, 0.6) is 5.75 Å². The van der Waals surface area contributed by atoms with Crippen molar-refractivity contribution in [2.75, 3.05) is 24.8 Å². The number of amides is 3. The van der Waals surface area contributed by atoms with Crippen LogP contribution in [0.25, 0.3) is 11.3 Å². The highest BCUT2D eigenvalue weighted by Gasteiger charge is 2.40. The first-order valence-electron chi connectivity index (χ1n) is 14.9. The molecule has 0 saturated heterocycles. The standard InChI is InChI=1S/C20H23N9O3.C5H9NO.C5H8O2/c1-10-7-12(10)19(30)25-15-8-13(16(27-26-15)20(31)21-2)24-18-17(32-4)11(5-6-22-18)14-9-23-29(3)28-14;2*1-3-2-4(3)5(6)7/h5-6,8-10,12H,7H2,1-4H3,(H,21,31)(H2,22,24,25,26,30);3-4H,2H2,1H3,(H2,6,7);3-4H,2H2,1H3,(H,6,7)/t10-,12+;2*3-,4+/m111/s1. The number of anilines is 3. The summed E-state index contributed by atoms with van der Waals surface area (Å²) in [6.45, 7) is 6.01. The lowest BCUT2D eigenvalue weighted by molar-refractivity contribution is -0.138. The molecule has 3 aromatic heterocycles. The molecule has 6 N–H and O–H groups in total. The zero-order valence-corrected chi connectivity index (χ0v) is 26.6. The fraction of sp³-hybridized carbons (Fsp3) is 0.500. The summed E-state index contributed by atoms with van der Waals surface area (Å²) in [7, 11) is 4.72. The highest BCUT2D eigenvalue weighted by Crippen LogP contribution is 2.39. The minimum absolute atomic E-state index is 0.0139. The molecule has 3 saturated carbocycles. The number of carboxylic acids is 1. The third-order valence-corrected chi connectivity index (χ3v) is 8.07. The van der Waals surface area contributed by atoms with Gasteiger partial charge in [0.1, 0.15) is 5.69 Å². The molecule has 3 heterocycles. The molecule has 0 aromatic carbocycles. The molecular formula is C30H40N10O6. The summed E-state index contributed by atoms with van der Waals surface area (Å²) in [5.41, 5.74) is 6.56. The first-order chi connectivity index (χ1) is 21.8. The van der Waals surface area contributed by atoms with E-state index in [0.717, 1.165) is 19.3 Å². The van der Waals surface area contributed by atoms with Gasteiger partial charge in [0.05, 0.1) is 30.5 Å². The molecule has 0 aliphatic heterocycles. The average molecular weight is 637 g/mol. The Morgan fingerprint density at radius 1 is 1.02 bits per heavy atom. The Morgan fingerprint density at radius 3 is 2.09 bits per heavy atom. The van der Waals surface area contributed by atoms with Crippen molar-refractivity contribution in [3.05, 3.63) is 30.2 Å². The van der Waals surface area contributed by atoms with Crippen LogP contribution in [0.2, 0.25) is 0 Å². The first kappa shape index (κ1) is 33.7. The Labute approximate surface area is 265 Å². The van der Waals surface area contributed by atoms with Crippen LogP contribution >= 0.6 is 0 Å². The molecule has 3 amide bonds. The van der Waals surface area contributed by atoms with Gasteiger partial charge in [0.2, 0.25) is 11.8 Å². The van der Waals surface area contributed by atoms with Crippen LogP contribution in [0.15, 0.2) is 24.5 Å². The van der Waals surface area contributed by atoms with E-state index in [1.807, 2.05) is 20.8 Å². The second kappa shape index (κ2) is 14.3. The van der Waals surface area contributed by atoms with Gasteiger partial charge in [0.15, 0.2) is 23.1 Å². The summed E-state index contributed by atoms with van der Waals surface area (Å²) in [5.74, 6) is 1.17. The summed E-state index contributed by atoms with van der Waals surface area (Å²) in [5, 5.41) is 33.0. The number of primary amides is 1. The van der Waals surface area contributed by atoms with Gasteiger partial charge < -0.3 is 31.5 Å². The number of carbonyl (C=O) groups excluding carboxylic acids is 3. The molecule has 0 bridgehead atoms. The predicted octanol–water partition coefficient (Wildman–Crippen LogP) is 2.23. The van der Waals surface area contributed by atoms with E-state index in [1.54, 1.807) is 31.6 Å². The van der Waals surface area contributed by atoms with E-state index in [1.165, 1.54) is 19.0 Å². The molecule has 46 heavy (non-hydrogen) atoms. The maximum atomic E-state index is 12.4. The molecule has 16 heteroatoms. The van der Waals surface area contributed by atoms with Crippen molar-refractivity contribution in [2.24, 2.45) is 48.3 Å². The number of hydrogen-bond acceptors (Lipinski definition) is 11. The Morgan fingerprint density at radius 2 is 1.65 bits per heavy atom. The number of nitrogens with two attached hydrogens (primary N) is 1. The number of nitrogens with zero attached hydrogens (tertiary/aromatic N) is 6. The van der Waals surface area contributed by atoms with Crippen LogP contribution in [-0.2, 0) is 21.4 Å². The molecule has 6 rings (SSSR count). The summed E-state index contributed by atoms with van der Waals surface area (Å²) >= 11 is 0. The maximum absolute atomic E-state index is 12.4. The molecule has 3 aliphatic carbocycles. The quantitative estimate of drug-likeness (QED) is 0.228. The molecule has 0 radical (unpaired) electrons. The third kappa shape index (κ3) is 8.51. The lowest BCUT2D eigenvalue weighted by Crippen LogP contribution is -2.22. The van der Waals surface area contributed by atoms with Crippen molar-refractivity contribution in [1.82, 2.24) is 35.5 Å². The molecule has 0 unspecified atom stereocenters. The van der Waals surface area contributed by atoms with Gasteiger partial charge in [0.25, 0.3) is 5.91 Å². The van der Waals surface area contributed by atoms with Crippen LogP contribution in [0, 0.1) is 35.5 Å². The van der Waals surface area contributed by atoms with E-state index in [4.69, 9.17) is 15.6 Å². The topological polar surface area (TPSA) is 229 Å². The van der Waals surface area contributed by atoms with Crippen molar-refractivity contribution < 1.29 is 29.0 Å². The number of aryl methyl sites for hydroxylation is 1. The van der Waals surface area contributed by atoms with Crippen LogP contribution in [0.1, 0.15) is 50.5 Å². The van der Waals surface area contributed by atoms with Crippen molar-refractivity contribution in [3.8, 4) is 17.0 Å². The number of methoxy groups -OCH3 is 1. The molecule has 3 aliphatic rings. The highest BCUT2D eigenvalue weighted by molar-refractivity contribution is 6.00. The van der Waals surface area contributed by atoms with Crippen LogP contribution in [0.3, 0.4) is 0 Å². The van der Waals surface area contributed by atoms with Gasteiger partial charge in [-0.15, -0.1) is 10.2 Å². The smallest absolute Gasteiger partial charge is 0.306 e. The van der Waals surface area contributed by atoms with Crippen LogP contribution in [-0.4, -0.2) is 73.1 Å². The van der Waals surface area contributed by atoms with E-state index in [-0.39, 0.29) is 41.1 Å². The number of rotatable bonds is 9. The van der Waals surface area contributed by atoms with Crippen molar-refractivity contribution in [3.63, 3.8) is 0 Å². The van der Waals surface area contributed by atoms with Crippen LogP contribution < -0.4 is 26.4 Å². The van der Waals surface area contributed by atoms with Gasteiger partial charge in [-0.3, -0.25) is 19.2 Å². The van der Waals surface area contributed by atoms with E-state index < -0.39 is 11.9 Å². The van der Waals surface area contributed by atoms with E-state index in [9.17, 15) is 19.2 Å². The normalized spacial score (nSPS) is 23.3. The Hall–Kier alpha value is -5.15. The number of pyridine rings is 1. The SMILES string of the molecule is CNC(=O)c1nnc(NC(=O)[C@H]2C[C@H]2C)cc1Nc1nccc(-c2cnn(C)n2)c1OC.C[C@@H]1C[C@@H]1C(=O)O.C[C@@H]1C[C@@H]1C(N)=O. The molecule has 0 spiro atoms. The Balaban J connectivity index is 0.000000280. The minimum atomic E-state index is -0.632. The van der Waals surface area contributed by atoms with Crippen molar-refractivity contribution >= 4 is 41.0 Å². The van der Waals surface area contributed by atoms with Crippen molar-refractivity contribution in [1.29, 1.82) is 0 Å². The fourth-order valence-electron chi connectivity index (χ4n) is 4.67. The van der Waals surface area contributed by atoms with Crippen molar-refractivity contribution in [2.45, 2.75) is 40.0 Å². The minimum Gasteiger partial charge on any atom is -0.492 e. The molecule has 246 valence electrons. The molecular weight excluding hydrogens is 596 g/mol. The zero-order chi connectivity index (χ0) is 33.7. The predicted molar refractivity (Wildman–Crippen MR) is 167 cm³/mol. The fourth-order valence-corrected chi connectivity index (χ4v) is 4.67. The van der Waals surface area contributed by atoms with Gasteiger partial charge in [-0.2, -0.15) is 15.0 Å². The van der Waals surface area contributed by atoms with Gasteiger partial charge in [-0.1, -0.05) is 20.8 Å². The van der Waals surface area contributed by atoms with Crippen LogP contribution in [0.4, 0.5) is 17.3 Å². The first-order valence-corrected chi connectivity index (χ1v) is 14.9. The van der Waals surface area contributed by atoms with Gasteiger partial charge >= 0.3 is 5.97 Å². The summed E-state index contributed by atoms with van der Waals surface area (Å²) < 4.78 is 5.58. The number of ether oxygens (including phenoxy) is 1. The number of aliphatic carboxylic acids is 1. The van der Waals surface area contributed by atoms with Gasteiger partial charge in [-0.25, -0.2) is 4.98 Å². The molecule has 3 aromatic rings. The van der Waals surface area contributed by atoms with Gasteiger partial charge in [-0.05, 0) is 43.1 Å². The van der Waals surface area contributed by atoms with Gasteiger partial charge in [0, 0.05) is 38.2 Å². The number of nitrogens with one attached hydrogen (secondary N) is 3. The molecule has 6 atom stereocenters. The summed E-state index contributed by atoms with van der Waals surface area (Å²) in [6, 6.07) is 3.29. The number of aromatic nitrogens is 6. The average Bonchev–Trinajstić information content (AvgIpc) is 3.98. The Bertz CT molecular complexity index is 1580. The number of carboxylic acid groups (broad SMARTS) is 1. The second-order valence-corrected chi connectivity index (χ2v) is 11.8. The monoisotopic (exact) mass is 636 g/mol. The number of carbonyl (C=O) groups is 4. The lowest BCUT2D eigenvalue weighted by Gasteiger charge is -2.15. The molecule has 16 nitrogen and oxygen atoms in total. The zero-order valence-electron chi connectivity index (χ0n) is 26.6. The molecule has 3 fully saturated rings. The highest BCUT2D eigenvalue weighted by atomic mass is 16.5. The van der Waals surface area contributed by atoms with E-state index >= 15 is 0 Å². The maximum Gasteiger partial charge on any atom is 0.306 e. The lowest BCUT2D eigenvalue weighted by atomic mass is 10.2. The Kier molecular flexibility index (Phi) is 10.5. The number of hydrogen-bond donors (Lipinski definition) is 5. The summed E-state index contributed by atoms with van der Waals surface area (Å²) in [4.78, 5) is 50.6. The van der Waals surface area contributed by atoms with E-state index in [2.05, 4.69) is 41.3 Å². The third-order valence-electron chi connectivity index (χ3n) is 8.07. The van der Waals surface area contributed by atoms with E-state index in [0.29, 0.717) is 46.3 Å². The summed E-state index contributed by atoms with van der Waals surface area (Å²) in [6.07, 6.45) is 5.93. The largest absolute Gasteiger partial charge is 0.492 e. The second-order valence-electron chi connectivity index (χ2n) is 11.8.